The minimum Gasteiger partial charge on any atom is -0.386 e. The lowest BCUT2D eigenvalue weighted by atomic mass is 9.77. The molecule has 1 aliphatic carbocycles. The second kappa shape index (κ2) is 10.7. The van der Waals surface area contributed by atoms with Gasteiger partial charge >= 0.3 is 0 Å². The maximum atomic E-state index is 13.5. The molecule has 0 aromatic carbocycles. The van der Waals surface area contributed by atoms with E-state index in [1.807, 2.05) is 36.4 Å². The number of hydrogen-bond acceptors (Lipinski definition) is 6. The standard InChI is InChI=1S/C29H38N2O2S2/c1-17-8-9-21(27-20(4)19(3)25(16-35-27)29(5,6)33)12-18(2)22(17)13-26(32)23-14-34-15-24(23)28-30-10-7-11-31-28/h7,10-11,14-19,21-22,33H,8-9,12-13H2,1-6H3. The number of rotatable bonds is 6. The van der Waals surface area contributed by atoms with E-state index in [1.54, 1.807) is 29.8 Å². The molecule has 0 saturated heterocycles. The zero-order valence-electron chi connectivity index (χ0n) is 21.7. The monoisotopic (exact) mass is 510 g/mol. The highest BCUT2D eigenvalue weighted by atomic mass is 32.2. The van der Waals surface area contributed by atoms with Gasteiger partial charge < -0.3 is 5.11 Å². The van der Waals surface area contributed by atoms with E-state index in [-0.39, 0.29) is 11.7 Å². The summed E-state index contributed by atoms with van der Waals surface area (Å²) in [5.74, 6) is 2.96. The highest BCUT2D eigenvalue weighted by Gasteiger charge is 2.36. The third kappa shape index (κ3) is 5.65. The number of carbonyl (C=O) groups excluding carboxylic acids is 1. The van der Waals surface area contributed by atoms with Crippen LogP contribution in [-0.2, 0) is 0 Å². The molecule has 4 rings (SSSR count). The first-order chi connectivity index (χ1) is 16.6. The zero-order valence-corrected chi connectivity index (χ0v) is 23.4. The molecule has 0 amide bonds. The Hall–Kier alpha value is -1.76. The SMILES string of the molecule is CC1=C(C2CCC(C)C(CC(=O)c3cscc3-c3ncccn3)C(C)C2)SC=C(C(C)(C)O)C1C. The second-order valence-electron chi connectivity index (χ2n) is 11.0. The van der Waals surface area contributed by atoms with Gasteiger partial charge in [0.2, 0.25) is 0 Å². The quantitative estimate of drug-likeness (QED) is 0.317. The number of aliphatic hydroxyl groups is 1. The predicted octanol–water partition coefficient (Wildman–Crippen LogP) is 7.78. The summed E-state index contributed by atoms with van der Waals surface area (Å²) >= 11 is 3.37. The fourth-order valence-corrected chi connectivity index (χ4v) is 8.28. The minimum absolute atomic E-state index is 0.213. The van der Waals surface area contributed by atoms with Crippen LogP contribution in [0.4, 0.5) is 0 Å². The minimum atomic E-state index is -0.790. The van der Waals surface area contributed by atoms with Crippen molar-refractivity contribution in [1.29, 1.82) is 0 Å². The Labute approximate surface area is 218 Å². The molecule has 1 saturated carbocycles. The molecule has 5 unspecified atom stereocenters. The molecular weight excluding hydrogens is 472 g/mol. The van der Waals surface area contributed by atoms with Gasteiger partial charge in [-0.3, -0.25) is 4.79 Å². The van der Waals surface area contributed by atoms with Gasteiger partial charge in [0.25, 0.3) is 0 Å². The van der Waals surface area contributed by atoms with E-state index >= 15 is 0 Å². The number of aromatic nitrogens is 2. The Balaban J connectivity index is 1.49. The predicted molar refractivity (Wildman–Crippen MR) is 147 cm³/mol. The number of nitrogens with zero attached hydrogens (tertiary/aromatic N) is 2. The van der Waals surface area contributed by atoms with Crippen LogP contribution in [0.25, 0.3) is 11.4 Å². The maximum Gasteiger partial charge on any atom is 0.164 e. The van der Waals surface area contributed by atoms with Crippen molar-refractivity contribution in [3.8, 4) is 11.4 Å². The lowest BCUT2D eigenvalue weighted by Gasteiger charge is -2.34. The molecule has 1 fully saturated rings. The molecule has 35 heavy (non-hydrogen) atoms. The van der Waals surface area contributed by atoms with Gasteiger partial charge in [-0.1, -0.05) is 26.3 Å². The van der Waals surface area contributed by atoms with E-state index in [4.69, 9.17) is 0 Å². The van der Waals surface area contributed by atoms with Gasteiger partial charge in [-0.15, -0.1) is 11.8 Å². The summed E-state index contributed by atoms with van der Waals surface area (Å²) in [6, 6.07) is 1.80. The van der Waals surface area contributed by atoms with Crippen molar-refractivity contribution in [3.63, 3.8) is 0 Å². The molecule has 4 nitrogen and oxygen atoms in total. The largest absolute Gasteiger partial charge is 0.386 e. The van der Waals surface area contributed by atoms with Crippen LogP contribution in [0.5, 0.6) is 0 Å². The van der Waals surface area contributed by atoms with Gasteiger partial charge in [-0.2, -0.15) is 11.3 Å². The summed E-state index contributed by atoms with van der Waals surface area (Å²) in [4.78, 5) is 23.7. The fourth-order valence-electron chi connectivity index (χ4n) is 5.93. The third-order valence-corrected chi connectivity index (χ3v) is 10.2. The average Bonchev–Trinajstić information content (AvgIpc) is 3.26. The maximum absolute atomic E-state index is 13.5. The normalized spacial score (nSPS) is 28.0. The molecule has 1 N–H and O–H groups in total. The lowest BCUT2D eigenvalue weighted by molar-refractivity contribution is 0.0920. The number of hydrogen-bond donors (Lipinski definition) is 1. The number of thiophene rings is 1. The third-order valence-electron chi connectivity index (χ3n) is 8.17. The molecule has 0 radical (unpaired) electrons. The summed E-state index contributed by atoms with van der Waals surface area (Å²) < 4.78 is 0. The molecule has 1 aliphatic heterocycles. The highest BCUT2D eigenvalue weighted by molar-refractivity contribution is 8.05. The van der Waals surface area contributed by atoms with Crippen LogP contribution in [0.3, 0.4) is 0 Å². The van der Waals surface area contributed by atoms with Gasteiger partial charge in [0, 0.05) is 46.6 Å². The van der Waals surface area contributed by atoms with Crippen LogP contribution >= 0.6 is 23.1 Å². The first-order valence-corrected chi connectivity index (χ1v) is 14.6. The fraction of sp³-hybridized carbons (Fsp3) is 0.552. The number of carbonyl (C=O) groups is 1. The molecule has 5 atom stereocenters. The summed E-state index contributed by atoms with van der Waals surface area (Å²) in [6.07, 6.45) is 7.44. The van der Waals surface area contributed by atoms with Gasteiger partial charge in [0.05, 0.1) is 5.60 Å². The van der Waals surface area contributed by atoms with Crippen molar-refractivity contribution in [2.45, 2.75) is 72.8 Å². The van der Waals surface area contributed by atoms with Gasteiger partial charge in [0.1, 0.15) is 0 Å². The van der Waals surface area contributed by atoms with Crippen molar-refractivity contribution in [3.05, 3.63) is 56.2 Å². The van der Waals surface area contributed by atoms with E-state index in [1.165, 1.54) is 10.5 Å². The van der Waals surface area contributed by atoms with Crippen LogP contribution in [0.2, 0.25) is 0 Å². The Bertz CT molecular complexity index is 1110. The smallest absolute Gasteiger partial charge is 0.164 e. The van der Waals surface area contributed by atoms with Crippen LogP contribution < -0.4 is 0 Å². The topological polar surface area (TPSA) is 63.1 Å². The molecule has 2 aliphatic rings. The first kappa shape index (κ1) is 26.3. The number of Topliss-reactive ketones (excluding diaryl/α,β-unsaturated/α-hetero) is 1. The molecule has 0 bridgehead atoms. The van der Waals surface area contributed by atoms with Gasteiger partial charge in [-0.25, -0.2) is 9.97 Å². The summed E-state index contributed by atoms with van der Waals surface area (Å²) in [5.41, 5.74) is 3.34. The average molecular weight is 511 g/mol. The van der Waals surface area contributed by atoms with E-state index in [0.29, 0.717) is 35.9 Å². The van der Waals surface area contributed by atoms with Crippen molar-refractivity contribution in [2.24, 2.45) is 29.6 Å². The van der Waals surface area contributed by atoms with E-state index in [9.17, 15) is 9.90 Å². The van der Waals surface area contributed by atoms with Crippen molar-refractivity contribution in [2.75, 3.05) is 0 Å². The van der Waals surface area contributed by atoms with Crippen molar-refractivity contribution >= 4 is 28.9 Å². The van der Waals surface area contributed by atoms with Crippen LogP contribution in [0.1, 0.15) is 77.6 Å². The number of allylic oxidation sites excluding steroid dienone is 2. The molecule has 3 heterocycles. The zero-order chi connectivity index (χ0) is 25.3. The molecular formula is C29H38N2O2S2. The number of ketones is 1. The first-order valence-electron chi connectivity index (χ1n) is 12.7. The van der Waals surface area contributed by atoms with E-state index in [0.717, 1.165) is 36.0 Å². The van der Waals surface area contributed by atoms with E-state index < -0.39 is 5.60 Å². The number of thioether (sulfide) groups is 1. The Morgan fingerprint density at radius 3 is 2.51 bits per heavy atom. The van der Waals surface area contributed by atoms with Crippen molar-refractivity contribution < 1.29 is 9.90 Å². The molecule has 188 valence electrons. The summed E-state index contributed by atoms with van der Waals surface area (Å²) in [5, 5.41) is 16.7. The second-order valence-corrected chi connectivity index (χ2v) is 12.7. The Morgan fingerprint density at radius 1 is 1.11 bits per heavy atom. The Morgan fingerprint density at radius 2 is 1.83 bits per heavy atom. The van der Waals surface area contributed by atoms with Gasteiger partial charge in [-0.05, 0) is 85.7 Å². The Kier molecular flexibility index (Phi) is 8.04. The van der Waals surface area contributed by atoms with Crippen molar-refractivity contribution in [1.82, 2.24) is 9.97 Å². The summed E-state index contributed by atoms with van der Waals surface area (Å²) in [6.45, 7) is 12.9. The van der Waals surface area contributed by atoms with Gasteiger partial charge in [0.15, 0.2) is 11.6 Å². The molecule has 0 spiro atoms. The van der Waals surface area contributed by atoms with Crippen LogP contribution in [0.15, 0.2) is 50.7 Å². The molecule has 6 heteroatoms. The highest BCUT2D eigenvalue weighted by Crippen LogP contribution is 2.49. The van der Waals surface area contributed by atoms with Crippen LogP contribution in [-0.4, -0.2) is 26.5 Å². The lowest BCUT2D eigenvalue weighted by Crippen LogP contribution is -2.28. The molecule has 2 aromatic rings. The molecule has 2 aromatic heterocycles. The van der Waals surface area contributed by atoms with Crippen LogP contribution in [0, 0.1) is 29.6 Å². The van der Waals surface area contributed by atoms with E-state index in [2.05, 4.69) is 43.1 Å². The summed E-state index contributed by atoms with van der Waals surface area (Å²) in [7, 11) is 0.